The van der Waals surface area contributed by atoms with Crippen LogP contribution in [0.25, 0.3) is 10.8 Å². The SMILES string of the molecule is CC(=O)N1CCN(S(=O)(=O)c2ccc(C(=O)NCCc3cccc4ccccc34)cc2)CC1. The summed E-state index contributed by atoms with van der Waals surface area (Å²) in [6.07, 6.45) is 0.700. The van der Waals surface area contributed by atoms with Crippen molar-refractivity contribution < 1.29 is 18.0 Å². The summed E-state index contributed by atoms with van der Waals surface area (Å²) in [6, 6.07) is 20.3. The van der Waals surface area contributed by atoms with Crippen LogP contribution < -0.4 is 5.32 Å². The number of hydrogen-bond acceptors (Lipinski definition) is 4. The molecule has 3 aromatic rings. The molecule has 0 unspecified atom stereocenters. The average Bonchev–Trinajstić information content (AvgIpc) is 2.84. The van der Waals surface area contributed by atoms with Gasteiger partial charge in [-0.2, -0.15) is 4.31 Å². The van der Waals surface area contributed by atoms with Gasteiger partial charge in [0, 0.05) is 45.2 Å². The van der Waals surface area contributed by atoms with E-state index >= 15 is 0 Å². The number of nitrogens with one attached hydrogen (secondary N) is 1. The van der Waals surface area contributed by atoms with E-state index < -0.39 is 10.0 Å². The van der Waals surface area contributed by atoms with Crippen molar-refractivity contribution in [3.63, 3.8) is 0 Å². The molecule has 0 aliphatic carbocycles. The van der Waals surface area contributed by atoms with E-state index in [0.29, 0.717) is 31.6 Å². The summed E-state index contributed by atoms with van der Waals surface area (Å²) in [5.41, 5.74) is 1.58. The van der Waals surface area contributed by atoms with Crippen molar-refractivity contribution in [2.45, 2.75) is 18.2 Å². The number of hydrogen-bond donors (Lipinski definition) is 1. The molecule has 1 N–H and O–H groups in total. The highest BCUT2D eigenvalue weighted by Gasteiger charge is 2.29. The molecule has 0 radical (unpaired) electrons. The van der Waals surface area contributed by atoms with Crippen molar-refractivity contribution in [3.8, 4) is 0 Å². The summed E-state index contributed by atoms with van der Waals surface area (Å²) in [4.78, 5) is 25.8. The van der Waals surface area contributed by atoms with Crippen molar-refractivity contribution in [3.05, 3.63) is 77.9 Å². The van der Waals surface area contributed by atoms with Gasteiger partial charge >= 0.3 is 0 Å². The highest BCUT2D eigenvalue weighted by atomic mass is 32.2. The molecule has 1 aliphatic heterocycles. The summed E-state index contributed by atoms with van der Waals surface area (Å²) in [5, 5.41) is 5.25. The molecule has 0 saturated carbocycles. The second kappa shape index (κ2) is 9.72. The number of benzene rings is 3. The van der Waals surface area contributed by atoms with E-state index in [-0.39, 0.29) is 29.8 Å². The third-order valence-corrected chi connectivity index (χ3v) is 7.91. The van der Waals surface area contributed by atoms with E-state index in [9.17, 15) is 18.0 Å². The maximum absolute atomic E-state index is 12.9. The number of piperazine rings is 1. The lowest BCUT2D eigenvalue weighted by molar-refractivity contribution is -0.129. The van der Waals surface area contributed by atoms with Crippen LogP contribution in [-0.4, -0.2) is 62.2 Å². The van der Waals surface area contributed by atoms with E-state index in [1.54, 1.807) is 4.90 Å². The van der Waals surface area contributed by atoms with Gasteiger partial charge in [-0.1, -0.05) is 42.5 Å². The molecule has 3 aromatic carbocycles. The van der Waals surface area contributed by atoms with E-state index in [2.05, 4.69) is 29.6 Å². The first-order chi connectivity index (χ1) is 15.9. The Morgan fingerprint density at radius 2 is 1.55 bits per heavy atom. The highest BCUT2D eigenvalue weighted by Crippen LogP contribution is 2.20. The fourth-order valence-electron chi connectivity index (χ4n) is 4.09. The lowest BCUT2D eigenvalue weighted by Gasteiger charge is -2.33. The molecule has 4 rings (SSSR count). The largest absolute Gasteiger partial charge is 0.352 e. The number of fused-ring (bicyclic) bond motifs is 1. The first kappa shape index (κ1) is 22.9. The maximum atomic E-state index is 12.9. The third kappa shape index (κ3) is 5.07. The average molecular weight is 466 g/mol. The van der Waals surface area contributed by atoms with Gasteiger partial charge < -0.3 is 10.2 Å². The minimum atomic E-state index is -3.66. The van der Waals surface area contributed by atoms with Crippen molar-refractivity contribution in [2.24, 2.45) is 0 Å². The van der Waals surface area contributed by atoms with Crippen LogP contribution in [0.15, 0.2) is 71.6 Å². The smallest absolute Gasteiger partial charge is 0.251 e. The molecule has 1 saturated heterocycles. The minimum absolute atomic E-state index is 0.0529. The Morgan fingerprint density at radius 1 is 0.879 bits per heavy atom. The topological polar surface area (TPSA) is 86.8 Å². The second-order valence-corrected chi connectivity index (χ2v) is 10.0. The monoisotopic (exact) mass is 465 g/mol. The lowest BCUT2D eigenvalue weighted by Crippen LogP contribution is -2.49. The summed E-state index contributed by atoms with van der Waals surface area (Å²) < 4.78 is 27.2. The maximum Gasteiger partial charge on any atom is 0.251 e. The molecule has 1 fully saturated rings. The molecule has 0 spiro atoms. The Hall–Kier alpha value is -3.23. The molecule has 0 atom stereocenters. The zero-order chi connectivity index (χ0) is 23.4. The van der Waals surface area contributed by atoms with Crippen LogP contribution in [0.1, 0.15) is 22.8 Å². The van der Waals surface area contributed by atoms with Gasteiger partial charge in [-0.3, -0.25) is 9.59 Å². The molecule has 1 heterocycles. The second-order valence-electron chi connectivity index (χ2n) is 8.08. The van der Waals surface area contributed by atoms with Crippen LogP contribution in [-0.2, 0) is 21.2 Å². The first-order valence-corrected chi connectivity index (χ1v) is 12.4. The summed E-state index contributed by atoms with van der Waals surface area (Å²) in [6.45, 7) is 3.25. The van der Waals surface area contributed by atoms with Crippen LogP contribution in [0.5, 0.6) is 0 Å². The molecule has 8 heteroatoms. The van der Waals surface area contributed by atoms with Crippen LogP contribution in [0.4, 0.5) is 0 Å². The van der Waals surface area contributed by atoms with E-state index in [4.69, 9.17) is 0 Å². The number of rotatable bonds is 6. The van der Waals surface area contributed by atoms with Crippen molar-refractivity contribution in [2.75, 3.05) is 32.7 Å². The Morgan fingerprint density at radius 3 is 2.24 bits per heavy atom. The van der Waals surface area contributed by atoms with Crippen LogP contribution >= 0.6 is 0 Å². The van der Waals surface area contributed by atoms with Crippen molar-refractivity contribution >= 4 is 32.6 Å². The van der Waals surface area contributed by atoms with Gasteiger partial charge in [0.15, 0.2) is 0 Å². The fraction of sp³-hybridized carbons (Fsp3) is 0.280. The number of sulfonamides is 1. The number of carbonyl (C=O) groups is 2. The Bertz CT molecular complexity index is 1260. The third-order valence-electron chi connectivity index (χ3n) is 6.00. The highest BCUT2D eigenvalue weighted by molar-refractivity contribution is 7.89. The molecule has 1 aliphatic rings. The zero-order valence-electron chi connectivity index (χ0n) is 18.5. The standard InChI is InChI=1S/C25H27N3O4S/c1-19(29)27-15-17-28(18-16-27)33(31,32)23-11-9-22(10-12-23)25(30)26-14-13-21-7-4-6-20-5-2-3-8-24(20)21/h2-12H,13-18H2,1H3,(H,26,30). The van der Waals surface area contributed by atoms with Gasteiger partial charge in [-0.25, -0.2) is 8.42 Å². The lowest BCUT2D eigenvalue weighted by atomic mass is 10.0. The van der Waals surface area contributed by atoms with E-state index in [0.717, 1.165) is 0 Å². The Kier molecular flexibility index (Phi) is 6.76. The van der Waals surface area contributed by atoms with Crippen molar-refractivity contribution in [1.29, 1.82) is 0 Å². The predicted octanol–water partition coefficient (Wildman–Crippen LogP) is 2.67. The summed E-state index contributed by atoms with van der Waals surface area (Å²) in [5.74, 6) is -0.294. The quantitative estimate of drug-likeness (QED) is 0.606. The molecular formula is C25H27N3O4S. The van der Waals surface area contributed by atoms with Gasteiger partial charge in [0.25, 0.3) is 5.91 Å². The van der Waals surface area contributed by atoms with Gasteiger partial charge in [-0.05, 0) is 47.0 Å². The molecule has 2 amide bonds. The molecule has 172 valence electrons. The van der Waals surface area contributed by atoms with Crippen LogP contribution in [0.3, 0.4) is 0 Å². The summed E-state index contributed by atoms with van der Waals surface area (Å²) in [7, 11) is -3.66. The minimum Gasteiger partial charge on any atom is -0.352 e. The molecule has 33 heavy (non-hydrogen) atoms. The van der Waals surface area contributed by atoms with E-state index in [1.807, 2.05) is 18.2 Å². The molecule has 7 nitrogen and oxygen atoms in total. The molecule has 0 aromatic heterocycles. The van der Waals surface area contributed by atoms with Gasteiger partial charge in [0.1, 0.15) is 0 Å². The number of nitrogens with zero attached hydrogens (tertiary/aromatic N) is 2. The Balaban J connectivity index is 1.35. The predicted molar refractivity (Wildman–Crippen MR) is 127 cm³/mol. The van der Waals surface area contributed by atoms with Gasteiger partial charge in [-0.15, -0.1) is 0 Å². The van der Waals surface area contributed by atoms with Crippen molar-refractivity contribution in [1.82, 2.24) is 14.5 Å². The van der Waals surface area contributed by atoms with Crippen LogP contribution in [0, 0.1) is 0 Å². The first-order valence-electron chi connectivity index (χ1n) is 11.0. The number of amides is 2. The molecule has 0 bridgehead atoms. The summed E-state index contributed by atoms with van der Waals surface area (Å²) >= 11 is 0. The zero-order valence-corrected chi connectivity index (χ0v) is 19.3. The fourth-order valence-corrected chi connectivity index (χ4v) is 5.52. The van der Waals surface area contributed by atoms with Gasteiger partial charge in [0.05, 0.1) is 4.90 Å². The number of carbonyl (C=O) groups excluding carboxylic acids is 2. The van der Waals surface area contributed by atoms with E-state index in [1.165, 1.54) is 51.8 Å². The van der Waals surface area contributed by atoms with Gasteiger partial charge in [0.2, 0.25) is 15.9 Å². The Labute approximate surface area is 194 Å². The molecular weight excluding hydrogens is 438 g/mol. The van der Waals surface area contributed by atoms with Crippen LogP contribution in [0.2, 0.25) is 0 Å². The normalized spacial score (nSPS) is 14.9.